The van der Waals surface area contributed by atoms with Crippen molar-refractivity contribution in [2.24, 2.45) is 5.73 Å². The van der Waals surface area contributed by atoms with Crippen molar-refractivity contribution in [2.45, 2.75) is 23.5 Å². The van der Waals surface area contributed by atoms with E-state index < -0.39 is 20.9 Å². The normalized spacial score (nSPS) is 13.8. The Morgan fingerprint density at radius 2 is 2.13 bits per heavy atom. The average Bonchev–Trinajstić information content (AvgIpc) is 2.19. The Morgan fingerprint density at radius 1 is 1.47 bits per heavy atom. The molecular weight excluding hydrogens is 217 g/mol. The maximum Gasteiger partial charge on any atom is 0.182 e. The molecule has 0 spiro atoms. The van der Waals surface area contributed by atoms with Crippen LogP contribution in [-0.4, -0.2) is 20.2 Å². The minimum absolute atomic E-state index is 0.000185. The second-order valence-corrected chi connectivity index (χ2v) is 5.50. The molecule has 0 saturated carbocycles. The van der Waals surface area contributed by atoms with Crippen LogP contribution in [0.5, 0.6) is 0 Å². The molecule has 1 aromatic rings. The molecule has 2 N–H and O–H groups in total. The SMILES string of the molecule is CCC(CN)S(=O)(=O)c1cccc(F)c1. The molecule has 0 aliphatic rings. The van der Waals surface area contributed by atoms with Crippen LogP contribution in [0.1, 0.15) is 13.3 Å². The van der Waals surface area contributed by atoms with E-state index in [1.54, 1.807) is 6.92 Å². The van der Waals surface area contributed by atoms with Gasteiger partial charge in [0.1, 0.15) is 5.82 Å². The fourth-order valence-corrected chi connectivity index (χ4v) is 2.97. The largest absolute Gasteiger partial charge is 0.329 e. The van der Waals surface area contributed by atoms with Gasteiger partial charge < -0.3 is 5.73 Å². The lowest BCUT2D eigenvalue weighted by molar-refractivity contribution is 0.572. The third-order valence-corrected chi connectivity index (χ3v) is 4.60. The molecule has 0 aliphatic carbocycles. The predicted molar refractivity (Wildman–Crippen MR) is 56.7 cm³/mol. The molecule has 3 nitrogen and oxygen atoms in total. The van der Waals surface area contributed by atoms with Crippen molar-refractivity contribution in [3.63, 3.8) is 0 Å². The lowest BCUT2D eigenvalue weighted by atomic mass is 10.3. The van der Waals surface area contributed by atoms with Gasteiger partial charge in [-0.25, -0.2) is 12.8 Å². The smallest absolute Gasteiger partial charge is 0.182 e. The highest BCUT2D eigenvalue weighted by atomic mass is 32.2. The first-order valence-corrected chi connectivity index (χ1v) is 6.26. The standard InChI is InChI=1S/C10H14FNO2S/c1-2-9(7-12)15(13,14)10-5-3-4-8(11)6-10/h3-6,9H,2,7,12H2,1H3. The van der Waals surface area contributed by atoms with E-state index in [1.165, 1.54) is 18.2 Å². The van der Waals surface area contributed by atoms with Crippen molar-refractivity contribution < 1.29 is 12.8 Å². The predicted octanol–water partition coefficient (Wildman–Crippen LogP) is 1.34. The van der Waals surface area contributed by atoms with Gasteiger partial charge in [0, 0.05) is 6.54 Å². The van der Waals surface area contributed by atoms with Crippen molar-refractivity contribution in [2.75, 3.05) is 6.54 Å². The molecule has 0 saturated heterocycles. The van der Waals surface area contributed by atoms with Crippen molar-refractivity contribution >= 4 is 9.84 Å². The van der Waals surface area contributed by atoms with Crippen molar-refractivity contribution in [1.82, 2.24) is 0 Å². The summed E-state index contributed by atoms with van der Waals surface area (Å²) >= 11 is 0. The lowest BCUT2D eigenvalue weighted by Crippen LogP contribution is -2.29. The first-order valence-electron chi connectivity index (χ1n) is 4.72. The van der Waals surface area contributed by atoms with E-state index in [0.717, 1.165) is 6.07 Å². The van der Waals surface area contributed by atoms with Crippen LogP contribution in [-0.2, 0) is 9.84 Å². The third-order valence-electron chi connectivity index (χ3n) is 2.28. The minimum Gasteiger partial charge on any atom is -0.329 e. The zero-order chi connectivity index (χ0) is 11.5. The van der Waals surface area contributed by atoms with Crippen LogP contribution < -0.4 is 5.73 Å². The minimum atomic E-state index is -3.49. The molecule has 1 rings (SSSR count). The topological polar surface area (TPSA) is 60.2 Å². The third kappa shape index (κ3) is 2.54. The summed E-state index contributed by atoms with van der Waals surface area (Å²) in [5.74, 6) is -0.553. The highest BCUT2D eigenvalue weighted by molar-refractivity contribution is 7.92. The van der Waals surface area contributed by atoms with Gasteiger partial charge in [0.05, 0.1) is 10.1 Å². The monoisotopic (exact) mass is 231 g/mol. The van der Waals surface area contributed by atoms with Crippen LogP contribution in [0.25, 0.3) is 0 Å². The maximum atomic E-state index is 12.9. The van der Waals surface area contributed by atoms with Gasteiger partial charge in [-0.1, -0.05) is 13.0 Å². The van der Waals surface area contributed by atoms with Gasteiger partial charge in [-0.05, 0) is 24.6 Å². The first kappa shape index (κ1) is 12.1. The average molecular weight is 231 g/mol. The highest BCUT2D eigenvalue weighted by Gasteiger charge is 2.24. The number of nitrogens with two attached hydrogens (primary N) is 1. The Kier molecular flexibility index (Phi) is 3.82. The fraction of sp³-hybridized carbons (Fsp3) is 0.400. The van der Waals surface area contributed by atoms with Gasteiger partial charge in [-0.2, -0.15) is 0 Å². The highest BCUT2D eigenvalue weighted by Crippen LogP contribution is 2.18. The summed E-state index contributed by atoms with van der Waals surface area (Å²) in [4.78, 5) is -0.000185. The molecule has 0 aromatic heterocycles. The molecule has 5 heteroatoms. The summed E-state index contributed by atoms with van der Waals surface area (Å²) in [6.45, 7) is 1.80. The number of halogens is 1. The second-order valence-electron chi connectivity index (χ2n) is 3.27. The molecule has 0 amide bonds. The van der Waals surface area contributed by atoms with Gasteiger partial charge in [0.2, 0.25) is 0 Å². The Bertz CT molecular complexity index is 427. The van der Waals surface area contributed by atoms with Gasteiger partial charge in [-0.3, -0.25) is 0 Å². The number of hydrogen-bond donors (Lipinski definition) is 1. The van der Waals surface area contributed by atoms with E-state index in [2.05, 4.69) is 0 Å². The van der Waals surface area contributed by atoms with Crippen molar-refractivity contribution in [3.8, 4) is 0 Å². The quantitative estimate of drug-likeness (QED) is 0.850. The molecule has 1 aromatic carbocycles. The zero-order valence-corrected chi connectivity index (χ0v) is 9.30. The Hall–Kier alpha value is -0.940. The molecule has 0 bridgehead atoms. The molecule has 15 heavy (non-hydrogen) atoms. The van der Waals surface area contributed by atoms with E-state index in [4.69, 9.17) is 5.73 Å². The lowest BCUT2D eigenvalue weighted by Gasteiger charge is -2.13. The van der Waals surface area contributed by atoms with Crippen LogP contribution in [0.3, 0.4) is 0 Å². The molecule has 0 aliphatic heterocycles. The summed E-state index contributed by atoms with van der Waals surface area (Å²) < 4.78 is 36.7. The van der Waals surface area contributed by atoms with Gasteiger partial charge in [-0.15, -0.1) is 0 Å². The van der Waals surface area contributed by atoms with E-state index in [-0.39, 0.29) is 11.4 Å². The molecule has 0 heterocycles. The Labute approximate surface area is 89.0 Å². The van der Waals surface area contributed by atoms with Crippen molar-refractivity contribution in [1.29, 1.82) is 0 Å². The van der Waals surface area contributed by atoms with Gasteiger partial charge >= 0.3 is 0 Å². The van der Waals surface area contributed by atoms with Crippen LogP contribution in [0.4, 0.5) is 4.39 Å². The molecule has 1 unspecified atom stereocenters. The first-order chi connectivity index (χ1) is 7.02. The number of rotatable bonds is 4. The van der Waals surface area contributed by atoms with Crippen LogP contribution in [0.2, 0.25) is 0 Å². The second kappa shape index (κ2) is 4.72. The van der Waals surface area contributed by atoms with E-state index in [1.807, 2.05) is 0 Å². The summed E-state index contributed by atoms with van der Waals surface area (Å²) in [6, 6.07) is 5.00. The van der Waals surface area contributed by atoms with E-state index in [9.17, 15) is 12.8 Å². The summed E-state index contributed by atoms with van der Waals surface area (Å²) in [5, 5.41) is -0.640. The van der Waals surface area contributed by atoms with Gasteiger partial charge in [0.25, 0.3) is 0 Å². The van der Waals surface area contributed by atoms with Crippen LogP contribution in [0, 0.1) is 5.82 Å². The summed E-state index contributed by atoms with van der Waals surface area (Å²) in [7, 11) is -3.49. The maximum absolute atomic E-state index is 12.9. The van der Waals surface area contributed by atoms with Gasteiger partial charge in [0.15, 0.2) is 9.84 Å². The Balaban J connectivity index is 3.16. The number of hydrogen-bond acceptors (Lipinski definition) is 3. The molecule has 0 fully saturated rings. The zero-order valence-electron chi connectivity index (χ0n) is 8.48. The van der Waals surface area contributed by atoms with E-state index in [0.29, 0.717) is 6.42 Å². The van der Waals surface area contributed by atoms with E-state index >= 15 is 0 Å². The Morgan fingerprint density at radius 3 is 2.60 bits per heavy atom. The molecular formula is C10H14FNO2S. The van der Waals surface area contributed by atoms with Crippen molar-refractivity contribution in [3.05, 3.63) is 30.1 Å². The summed E-state index contributed by atoms with van der Waals surface area (Å²) in [5.41, 5.74) is 5.37. The number of benzene rings is 1. The fourth-order valence-electron chi connectivity index (χ4n) is 1.35. The number of sulfone groups is 1. The molecule has 0 radical (unpaired) electrons. The van der Waals surface area contributed by atoms with Crippen LogP contribution >= 0.6 is 0 Å². The molecule has 84 valence electrons. The van der Waals surface area contributed by atoms with Crippen LogP contribution in [0.15, 0.2) is 29.2 Å². The molecule has 1 atom stereocenters. The summed E-state index contributed by atoms with van der Waals surface area (Å²) in [6.07, 6.45) is 0.426.